The van der Waals surface area contributed by atoms with E-state index in [9.17, 15) is 0 Å². The summed E-state index contributed by atoms with van der Waals surface area (Å²) in [6.07, 6.45) is 5.57. The number of hydrogen-bond acceptors (Lipinski definition) is 6. The second kappa shape index (κ2) is 16.3. The predicted molar refractivity (Wildman–Crippen MR) is 178 cm³/mol. The lowest BCUT2D eigenvalue weighted by Gasteiger charge is -2.28. The third-order valence-electron chi connectivity index (χ3n) is 5.02. The van der Waals surface area contributed by atoms with Gasteiger partial charge in [0.2, 0.25) is 0 Å². The molecule has 0 heterocycles. The zero-order valence-corrected chi connectivity index (χ0v) is 30.6. The van der Waals surface area contributed by atoms with Gasteiger partial charge in [-0.25, -0.2) is 0 Å². The molecule has 196 valence electrons. The van der Waals surface area contributed by atoms with Crippen LogP contribution in [0.5, 0.6) is 11.5 Å². The van der Waals surface area contributed by atoms with Crippen LogP contribution in [0, 0.1) is 0 Å². The predicted octanol–water partition coefficient (Wildman–Crippen LogP) is 11.8. The van der Waals surface area contributed by atoms with Gasteiger partial charge in [-0.05, 0) is 112 Å². The van der Waals surface area contributed by atoms with Crippen LogP contribution in [0.25, 0.3) is 0 Å². The highest BCUT2D eigenvalue weighted by molar-refractivity contribution is 9.11. The Morgan fingerprint density at radius 1 is 0.714 bits per heavy atom. The molecule has 35 heavy (non-hydrogen) atoms. The highest BCUT2D eigenvalue weighted by atomic mass is 79.9. The van der Waals surface area contributed by atoms with Gasteiger partial charge in [0, 0.05) is 18.3 Å². The molecule has 0 aliphatic rings. The molecule has 2 aromatic rings. The normalized spacial score (nSPS) is 13.5. The molecule has 0 saturated heterocycles. The molecule has 0 N–H and O–H groups in total. The van der Waals surface area contributed by atoms with Gasteiger partial charge in [0.25, 0.3) is 0 Å². The van der Waals surface area contributed by atoms with E-state index in [1.807, 2.05) is 12.5 Å². The number of alkyl halides is 2. The van der Waals surface area contributed by atoms with Crippen LogP contribution in [0.3, 0.4) is 0 Å². The Morgan fingerprint density at radius 3 is 1.31 bits per heavy atom. The van der Waals surface area contributed by atoms with Crippen LogP contribution in [-0.2, 0) is 5.41 Å². The van der Waals surface area contributed by atoms with Gasteiger partial charge in [0.05, 0.1) is 40.5 Å². The van der Waals surface area contributed by atoms with Gasteiger partial charge in [-0.2, -0.15) is 0 Å². The minimum Gasteiger partial charge on any atom is -0.491 e. The first kappa shape index (κ1) is 33.1. The summed E-state index contributed by atoms with van der Waals surface area (Å²) in [4.78, 5) is 0. The third kappa shape index (κ3) is 10.1. The van der Waals surface area contributed by atoms with E-state index in [4.69, 9.17) is 32.7 Å². The van der Waals surface area contributed by atoms with Gasteiger partial charge < -0.3 is 9.47 Å². The fraction of sp³-hybridized carbons (Fsp3) is 0.478. The lowest BCUT2D eigenvalue weighted by molar-refractivity contribution is 0.312. The molecule has 2 nitrogen and oxygen atoms in total. The molecular formula is C23H26Br4Cl2O2S4. The highest BCUT2D eigenvalue weighted by Gasteiger charge is 2.27. The molecule has 2 unspecified atom stereocenters. The lowest BCUT2D eigenvalue weighted by atomic mass is 9.78. The van der Waals surface area contributed by atoms with E-state index in [1.54, 1.807) is 43.2 Å². The number of halogens is 6. The van der Waals surface area contributed by atoms with E-state index >= 15 is 0 Å². The van der Waals surface area contributed by atoms with E-state index in [2.05, 4.69) is 102 Å². The summed E-state index contributed by atoms with van der Waals surface area (Å²) in [6, 6.07) is 8.46. The SMILES string of the molecule is CSSC(Cl)CCOc1c(Br)cc(C(C)(C)c2cc(Br)c(OCCC(Cl)SSC)c(Br)c2)cc1Br. The molecule has 0 aromatic heterocycles. The van der Waals surface area contributed by atoms with Crippen molar-refractivity contribution in [3.63, 3.8) is 0 Å². The van der Waals surface area contributed by atoms with Crippen LogP contribution in [0.4, 0.5) is 0 Å². The summed E-state index contributed by atoms with van der Waals surface area (Å²) in [6.45, 7) is 5.49. The van der Waals surface area contributed by atoms with Crippen molar-refractivity contribution in [3.8, 4) is 11.5 Å². The molecule has 0 amide bonds. The summed E-state index contributed by atoms with van der Waals surface area (Å²) in [5.74, 6) is 1.57. The summed E-state index contributed by atoms with van der Waals surface area (Å²) >= 11 is 27.4. The van der Waals surface area contributed by atoms with E-state index in [0.717, 1.165) is 53.4 Å². The van der Waals surface area contributed by atoms with Crippen molar-refractivity contribution < 1.29 is 9.47 Å². The Hall–Kier alpha value is 1.94. The number of benzene rings is 2. The Kier molecular flexibility index (Phi) is 15.4. The third-order valence-corrected chi connectivity index (χ3v) is 12.8. The maximum atomic E-state index is 6.29. The first-order valence-electron chi connectivity index (χ1n) is 10.4. The summed E-state index contributed by atoms with van der Waals surface area (Å²) in [5.41, 5.74) is 2.01. The topological polar surface area (TPSA) is 18.5 Å². The highest BCUT2D eigenvalue weighted by Crippen LogP contribution is 2.44. The van der Waals surface area contributed by atoms with Crippen LogP contribution in [0.15, 0.2) is 42.2 Å². The van der Waals surface area contributed by atoms with E-state index in [0.29, 0.717) is 13.2 Å². The van der Waals surface area contributed by atoms with Crippen molar-refractivity contribution in [2.45, 2.75) is 41.5 Å². The van der Waals surface area contributed by atoms with Crippen molar-refractivity contribution in [3.05, 3.63) is 53.3 Å². The van der Waals surface area contributed by atoms with Gasteiger partial charge in [-0.1, -0.05) is 57.0 Å². The second-order valence-corrected chi connectivity index (χ2v) is 18.1. The maximum absolute atomic E-state index is 6.29. The smallest absolute Gasteiger partial charge is 0.147 e. The van der Waals surface area contributed by atoms with Gasteiger partial charge in [0.15, 0.2) is 0 Å². The molecule has 0 aliphatic heterocycles. The first-order valence-corrected chi connectivity index (χ1v) is 19.7. The second-order valence-electron chi connectivity index (χ2n) is 7.78. The molecule has 2 atom stereocenters. The van der Waals surface area contributed by atoms with Crippen molar-refractivity contribution >= 4 is 130 Å². The van der Waals surface area contributed by atoms with Crippen molar-refractivity contribution in [2.75, 3.05) is 25.7 Å². The monoisotopic (exact) mass is 848 g/mol. The number of hydrogen-bond donors (Lipinski definition) is 0. The molecule has 2 rings (SSSR count). The molecule has 2 aromatic carbocycles. The van der Waals surface area contributed by atoms with Gasteiger partial charge in [0.1, 0.15) is 11.5 Å². The maximum Gasteiger partial charge on any atom is 0.147 e. The molecule has 0 saturated carbocycles. The fourth-order valence-electron chi connectivity index (χ4n) is 3.10. The number of rotatable bonds is 14. The van der Waals surface area contributed by atoms with Crippen LogP contribution in [0.1, 0.15) is 37.8 Å². The van der Waals surface area contributed by atoms with E-state index in [1.165, 1.54) is 0 Å². The molecule has 0 radical (unpaired) electrons. The molecule has 0 spiro atoms. The molecular weight excluding hydrogens is 827 g/mol. The van der Waals surface area contributed by atoms with Gasteiger partial charge in [-0.3, -0.25) is 0 Å². The first-order chi connectivity index (χ1) is 16.5. The van der Waals surface area contributed by atoms with Gasteiger partial charge in [-0.15, -0.1) is 23.2 Å². The van der Waals surface area contributed by atoms with Crippen LogP contribution >= 0.6 is 130 Å². The molecule has 0 aliphatic carbocycles. The zero-order chi connectivity index (χ0) is 26.2. The molecule has 12 heteroatoms. The zero-order valence-electron chi connectivity index (χ0n) is 19.5. The molecule has 0 fully saturated rings. The average Bonchev–Trinajstić information content (AvgIpc) is 2.77. The Labute approximate surface area is 268 Å². The quantitative estimate of drug-likeness (QED) is 0.138. The Bertz CT molecular complexity index is 863. The lowest BCUT2D eigenvalue weighted by Crippen LogP contribution is -2.19. The van der Waals surface area contributed by atoms with E-state index < -0.39 is 0 Å². The summed E-state index contributed by atoms with van der Waals surface area (Å²) < 4.78 is 15.7. The van der Waals surface area contributed by atoms with Crippen LogP contribution in [0.2, 0.25) is 0 Å². The standard InChI is InChI=1S/C23H26Br4Cl2O2S4/c1-23(2,13-9-15(24)21(16(25)10-13)30-7-5-19(28)34-32-3)14-11-17(26)22(18(27)12-14)31-8-6-20(29)35-33-4/h9-12,19-20H,5-8H2,1-4H3. The van der Waals surface area contributed by atoms with Crippen LogP contribution in [-0.4, -0.2) is 35.1 Å². The minimum atomic E-state index is -0.278. The summed E-state index contributed by atoms with van der Waals surface area (Å²) in [5, 5.41) is 0. The van der Waals surface area contributed by atoms with Gasteiger partial charge >= 0.3 is 0 Å². The van der Waals surface area contributed by atoms with Crippen molar-refractivity contribution in [1.29, 1.82) is 0 Å². The van der Waals surface area contributed by atoms with Crippen LogP contribution < -0.4 is 9.47 Å². The molecule has 0 bridgehead atoms. The largest absolute Gasteiger partial charge is 0.491 e. The van der Waals surface area contributed by atoms with E-state index in [-0.39, 0.29) is 14.8 Å². The Morgan fingerprint density at radius 2 is 1.03 bits per heavy atom. The number of ether oxygens (including phenoxy) is 2. The average molecular weight is 853 g/mol. The van der Waals surface area contributed by atoms with Crippen molar-refractivity contribution in [1.82, 2.24) is 0 Å². The van der Waals surface area contributed by atoms with Crippen molar-refractivity contribution in [2.24, 2.45) is 0 Å². The Balaban J connectivity index is 2.19. The fourth-order valence-corrected chi connectivity index (χ4v) is 10.0. The summed E-state index contributed by atoms with van der Waals surface area (Å²) in [7, 11) is 6.61. The minimum absolute atomic E-state index is 0.0233.